The number of piperazine rings is 1. The standard InChI is InChI=1S/C20H26F3N7O2/c1-3-28(16-11-15(20(21,22)23)18(32)27-26-16)6-4-5-17(31)29-7-9-30(10-8-29)19-24-12-14(2)13-25-19/h11-13H,3-10H2,1-2H3,(H,27,32). The normalized spacial score (nSPS) is 14.5. The summed E-state index contributed by atoms with van der Waals surface area (Å²) in [4.78, 5) is 38.0. The Labute approximate surface area is 183 Å². The van der Waals surface area contributed by atoms with Crippen LogP contribution in [0.25, 0.3) is 0 Å². The number of aromatic amines is 1. The number of hydrogen-bond acceptors (Lipinski definition) is 7. The molecule has 174 valence electrons. The van der Waals surface area contributed by atoms with Crippen LogP contribution in [0.1, 0.15) is 30.9 Å². The quantitative estimate of drug-likeness (QED) is 0.683. The van der Waals surface area contributed by atoms with Crippen molar-refractivity contribution in [2.75, 3.05) is 49.1 Å². The number of nitrogens with one attached hydrogen (secondary N) is 1. The second-order valence-electron chi connectivity index (χ2n) is 7.58. The van der Waals surface area contributed by atoms with Gasteiger partial charge in [0.2, 0.25) is 11.9 Å². The van der Waals surface area contributed by atoms with Crippen LogP contribution in [0.15, 0.2) is 23.3 Å². The molecule has 1 fully saturated rings. The van der Waals surface area contributed by atoms with Crippen molar-refractivity contribution in [2.45, 2.75) is 32.9 Å². The molecule has 0 atom stereocenters. The molecule has 0 radical (unpaired) electrons. The Balaban J connectivity index is 1.50. The molecule has 3 heterocycles. The number of rotatable bonds is 7. The lowest BCUT2D eigenvalue weighted by Gasteiger charge is -2.35. The van der Waals surface area contributed by atoms with Gasteiger partial charge in [0.1, 0.15) is 11.4 Å². The number of halogens is 3. The van der Waals surface area contributed by atoms with Crippen molar-refractivity contribution in [3.63, 3.8) is 0 Å². The summed E-state index contributed by atoms with van der Waals surface area (Å²) >= 11 is 0. The van der Waals surface area contributed by atoms with Crippen LogP contribution in [0.4, 0.5) is 24.9 Å². The first-order valence-corrected chi connectivity index (χ1v) is 10.4. The van der Waals surface area contributed by atoms with E-state index in [-0.39, 0.29) is 18.1 Å². The molecule has 1 N–H and O–H groups in total. The van der Waals surface area contributed by atoms with E-state index in [1.165, 1.54) is 0 Å². The van der Waals surface area contributed by atoms with Crippen LogP contribution in [-0.4, -0.2) is 70.2 Å². The number of amides is 1. The molecule has 2 aromatic heterocycles. The molecule has 1 saturated heterocycles. The fourth-order valence-corrected chi connectivity index (χ4v) is 3.49. The van der Waals surface area contributed by atoms with E-state index in [1.54, 1.807) is 29.1 Å². The summed E-state index contributed by atoms with van der Waals surface area (Å²) < 4.78 is 39.0. The van der Waals surface area contributed by atoms with Gasteiger partial charge in [-0.25, -0.2) is 15.1 Å². The molecule has 9 nitrogen and oxygen atoms in total. The van der Waals surface area contributed by atoms with Crippen molar-refractivity contribution in [1.82, 2.24) is 25.1 Å². The average Bonchev–Trinajstić information content (AvgIpc) is 2.77. The highest BCUT2D eigenvalue weighted by molar-refractivity contribution is 5.76. The van der Waals surface area contributed by atoms with Crippen LogP contribution in [0, 0.1) is 6.92 Å². The average molecular weight is 453 g/mol. The van der Waals surface area contributed by atoms with Gasteiger partial charge < -0.3 is 14.7 Å². The van der Waals surface area contributed by atoms with Crippen LogP contribution in [0.3, 0.4) is 0 Å². The first-order valence-electron chi connectivity index (χ1n) is 10.4. The maximum atomic E-state index is 13.0. The van der Waals surface area contributed by atoms with Crippen molar-refractivity contribution < 1.29 is 18.0 Å². The maximum Gasteiger partial charge on any atom is 0.421 e. The van der Waals surface area contributed by atoms with Crippen LogP contribution in [-0.2, 0) is 11.0 Å². The van der Waals surface area contributed by atoms with E-state index >= 15 is 0 Å². The highest BCUT2D eigenvalue weighted by Gasteiger charge is 2.35. The second kappa shape index (κ2) is 9.96. The molecule has 0 saturated carbocycles. The molecule has 0 aromatic carbocycles. The van der Waals surface area contributed by atoms with E-state index in [9.17, 15) is 22.8 Å². The highest BCUT2D eigenvalue weighted by Crippen LogP contribution is 2.28. The van der Waals surface area contributed by atoms with E-state index < -0.39 is 17.3 Å². The van der Waals surface area contributed by atoms with Gasteiger partial charge in [-0.3, -0.25) is 9.59 Å². The summed E-state index contributed by atoms with van der Waals surface area (Å²) in [6.07, 6.45) is -0.516. The Hall–Kier alpha value is -3.18. The summed E-state index contributed by atoms with van der Waals surface area (Å²) in [5.74, 6) is 0.669. The summed E-state index contributed by atoms with van der Waals surface area (Å²) in [7, 11) is 0. The molecule has 0 bridgehead atoms. The minimum Gasteiger partial charge on any atom is -0.355 e. The Morgan fingerprint density at radius 2 is 1.84 bits per heavy atom. The lowest BCUT2D eigenvalue weighted by atomic mass is 10.2. The van der Waals surface area contributed by atoms with Crippen molar-refractivity contribution in [3.8, 4) is 0 Å². The predicted octanol–water partition coefficient (Wildman–Crippen LogP) is 1.84. The molecular weight excluding hydrogens is 427 g/mol. The van der Waals surface area contributed by atoms with Crippen molar-refractivity contribution in [3.05, 3.63) is 39.9 Å². The zero-order valence-electron chi connectivity index (χ0n) is 18.0. The zero-order valence-corrected chi connectivity index (χ0v) is 18.0. The number of alkyl halides is 3. The Kier molecular flexibility index (Phi) is 7.31. The molecule has 0 spiro atoms. The molecule has 3 rings (SSSR count). The minimum atomic E-state index is -4.76. The molecular formula is C20H26F3N7O2. The van der Waals surface area contributed by atoms with E-state index in [2.05, 4.69) is 15.1 Å². The van der Waals surface area contributed by atoms with Gasteiger partial charge in [0, 0.05) is 64.1 Å². The Morgan fingerprint density at radius 1 is 1.19 bits per heavy atom. The largest absolute Gasteiger partial charge is 0.421 e. The number of nitrogens with zero attached hydrogens (tertiary/aromatic N) is 6. The third-order valence-electron chi connectivity index (χ3n) is 5.30. The molecule has 12 heteroatoms. The fraction of sp³-hybridized carbons (Fsp3) is 0.550. The van der Waals surface area contributed by atoms with Gasteiger partial charge in [-0.2, -0.15) is 18.3 Å². The number of carbonyl (C=O) groups is 1. The van der Waals surface area contributed by atoms with Gasteiger partial charge in [-0.15, -0.1) is 0 Å². The van der Waals surface area contributed by atoms with Gasteiger partial charge in [-0.1, -0.05) is 0 Å². The third-order valence-corrected chi connectivity index (χ3v) is 5.30. The monoisotopic (exact) mass is 453 g/mol. The van der Waals surface area contributed by atoms with E-state index in [0.717, 1.165) is 11.6 Å². The van der Waals surface area contributed by atoms with Crippen LogP contribution < -0.4 is 15.4 Å². The van der Waals surface area contributed by atoms with Gasteiger partial charge in [-0.05, 0) is 25.8 Å². The molecule has 1 aliphatic heterocycles. The van der Waals surface area contributed by atoms with E-state index in [1.807, 2.05) is 16.9 Å². The van der Waals surface area contributed by atoms with Gasteiger partial charge in [0.05, 0.1) is 0 Å². The molecule has 2 aromatic rings. The third kappa shape index (κ3) is 5.74. The number of aromatic nitrogens is 4. The number of H-pyrrole nitrogens is 1. The fourth-order valence-electron chi connectivity index (χ4n) is 3.49. The number of anilines is 2. The molecule has 32 heavy (non-hydrogen) atoms. The SMILES string of the molecule is CCN(CCCC(=O)N1CCN(c2ncc(C)cn2)CC1)c1cc(C(F)(F)F)c(=O)[nH]n1. The van der Waals surface area contributed by atoms with E-state index in [0.29, 0.717) is 51.6 Å². The van der Waals surface area contributed by atoms with Crippen molar-refractivity contribution in [2.24, 2.45) is 0 Å². The number of hydrogen-bond donors (Lipinski definition) is 1. The highest BCUT2D eigenvalue weighted by atomic mass is 19.4. The lowest BCUT2D eigenvalue weighted by Crippen LogP contribution is -2.49. The summed E-state index contributed by atoms with van der Waals surface area (Å²) in [6, 6.07) is 0.747. The second-order valence-corrected chi connectivity index (χ2v) is 7.58. The van der Waals surface area contributed by atoms with Crippen LogP contribution in [0.5, 0.6) is 0 Å². The zero-order chi connectivity index (χ0) is 23.3. The van der Waals surface area contributed by atoms with Gasteiger partial charge >= 0.3 is 6.18 Å². The molecule has 0 unspecified atom stereocenters. The Morgan fingerprint density at radius 3 is 2.44 bits per heavy atom. The first kappa shape index (κ1) is 23.5. The van der Waals surface area contributed by atoms with Gasteiger partial charge in [0.15, 0.2) is 0 Å². The van der Waals surface area contributed by atoms with Gasteiger partial charge in [0.25, 0.3) is 5.56 Å². The molecule has 1 amide bonds. The predicted molar refractivity (Wildman–Crippen MR) is 113 cm³/mol. The van der Waals surface area contributed by atoms with Crippen molar-refractivity contribution in [1.29, 1.82) is 0 Å². The molecule has 1 aliphatic rings. The Bertz CT molecular complexity index is 970. The van der Waals surface area contributed by atoms with Crippen LogP contribution in [0.2, 0.25) is 0 Å². The summed E-state index contributed by atoms with van der Waals surface area (Å²) in [5.41, 5.74) is -1.58. The topological polar surface area (TPSA) is 98.3 Å². The molecule has 0 aliphatic carbocycles. The minimum absolute atomic E-state index is 0.00376. The van der Waals surface area contributed by atoms with Crippen molar-refractivity contribution >= 4 is 17.7 Å². The lowest BCUT2D eigenvalue weighted by molar-refractivity contribution is -0.138. The van der Waals surface area contributed by atoms with Crippen LogP contribution >= 0.6 is 0 Å². The maximum absolute atomic E-state index is 13.0. The smallest absolute Gasteiger partial charge is 0.355 e. The van der Waals surface area contributed by atoms with E-state index in [4.69, 9.17) is 0 Å². The summed E-state index contributed by atoms with van der Waals surface area (Å²) in [6.45, 7) is 6.81. The summed E-state index contributed by atoms with van der Waals surface area (Å²) in [5, 5.41) is 5.63. The number of carbonyl (C=O) groups excluding carboxylic acids is 1. The number of aryl methyl sites for hydroxylation is 1. The first-order chi connectivity index (χ1) is 15.2.